The first-order chi connectivity index (χ1) is 9.97. The van der Waals surface area contributed by atoms with Gasteiger partial charge in [-0.2, -0.15) is 5.10 Å². The number of hydrogen-bond donors (Lipinski definition) is 1. The quantitative estimate of drug-likeness (QED) is 0.910. The minimum atomic E-state index is -0.199. The second-order valence-electron chi connectivity index (χ2n) is 6.64. The average Bonchev–Trinajstić information content (AvgIpc) is 3.07. The SMILES string of the molecule is Cc1nn(C)c(C)c1CCC(=O)N1CC2CCC(O)C2C1. The predicted octanol–water partition coefficient (Wildman–Crippen LogP) is 1.20. The van der Waals surface area contributed by atoms with Gasteiger partial charge in [0.05, 0.1) is 11.8 Å². The molecule has 1 aliphatic heterocycles. The van der Waals surface area contributed by atoms with Gasteiger partial charge >= 0.3 is 0 Å². The fraction of sp³-hybridized carbons (Fsp3) is 0.750. The number of likely N-dealkylation sites (tertiary alicyclic amines) is 1. The molecule has 1 N–H and O–H groups in total. The second-order valence-corrected chi connectivity index (χ2v) is 6.64. The Morgan fingerprint density at radius 3 is 2.71 bits per heavy atom. The molecule has 0 spiro atoms. The van der Waals surface area contributed by atoms with E-state index in [0.29, 0.717) is 18.3 Å². The van der Waals surface area contributed by atoms with Crippen LogP contribution < -0.4 is 0 Å². The standard InChI is InChI=1S/C16H25N3O2/c1-10-13(11(2)18(3)17-10)5-7-16(21)19-8-12-4-6-15(20)14(12)9-19/h12,14-15,20H,4-9H2,1-3H3. The van der Waals surface area contributed by atoms with Crippen LogP contribution in [0.25, 0.3) is 0 Å². The summed E-state index contributed by atoms with van der Waals surface area (Å²) < 4.78 is 1.88. The molecule has 3 unspecified atom stereocenters. The summed E-state index contributed by atoms with van der Waals surface area (Å²) in [6, 6.07) is 0. The number of amides is 1. The Bertz CT molecular complexity index is 552. The van der Waals surface area contributed by atoms with Crippen molar-refractivity contribution in [2.75, 3.05) is 13.1 Å². The highest BCUT2D eigenvalue weighted by atomic mass is 16.3. The van der Waals surface area contributed by atoms with Crippen LogP contribution in [0.5, 0.6) is 0 Å². The van der Waals surface area contributed by atoms with Crippen molar-refractivity contribution < 1.29 is 9.90 Å². The van der Waals surface area contributed by atoms with Crippen LogP contribution in [0.4, 0.5) is 0 Å². The number of rotatable bonds is 3. The van der Waals surface area contributed by atoms with Crippen molar-refractivity contribution in [1.82, 2.24) is 14.7 Å². The molecule has 21 heavy (non-hydrogen) atoms. The van der Waals surface area contributed by atoms with Crippen molar-refractivity contribution >= 4 is 5.91 Å². The number of fused-ring (bicyclic) bond motifs is 1. The summed E-state index contributed by atoms with van der Waals surface area (Å²) in [5.74, 6) is 1.06. The smallest absolute Gasteiger partial charge is 0.222 e. The maximum Gasteiger partial charge on any atom is 0.222 e. The Morgan fingerprint density at radius 1 is 1.33 bits per heavy atom. The van der Waals surface area contributed by atoms with E-state index in [-0.39, 0.29) is 12.0 Å². The molecule has 0 radical (unpaired) electrons. The number of aromatic nitrogens is 2. The fourth-order valence-electron chi connectivity index (χ4n) is 4.01. The van der Waals surface area contributed by atoms with Crippen LogP contribution >= 0.6 is 0 Å². The molecule has 1 aliphatic carbocycles. The van der Waals surface area contributed by atoms with Gasteiger partial charge in [-0.25, -0.2) is 0 Å². The number of aliphatic hydroxyl groups excluding tert-OH is 1. The highest BCUT2D eigenvalue weighted by molar-refractivity contribution is 5.77. The molecule has 3 rings (SSSR count). The molecule has 5 heteroatoms. The van der Waals surface area contributed by atoms with Crippen LogP contribution in [0.3, 0.4) is 0 Å². The zero-order valence-corrected chi connectivity index (χ0v) is 13.2. The lowest BCUT2D eigenvalue weighted by Crippen LogP contribution is -2.31. The van der Waals surface area contributed by atoms with Gasteiger partial charge in [0.15, 0.2) is 0 Å². The van der Waals surface area contributed by atoms with Crippen LogP contribution in [0.15, 0.2) is 0 Å². The average molecular weight is 291 g/mol. The summed E-state index contributed by atoms with van der Waals surface area (Å²) >= 11 is 0. The van der Waals surface area contributed by atoms with Gasteiger partial charge in [-0.3, -0.25) is 9.48 Å². The van der Waals surface area contributed by atoms with Crippen LogP contribution in [-0.2, 0) is 18.3 Å². The first-order valence-corrected chi connectivity index (χ1v) is 7.92. The monoisotopic (exact) mass is 291 g/mol. The molecule has 0 bridgehead atoms. The molecular weight excluding hydrogens is 266 g/mol. The van der Waals surface area contributed by atoms with E-state index in [1.807, 2.05) is 23.6 Å². The zero-order valence-electron chi connectivity index (χ0n) is 13.2. The number of hydrogen-bond acceptors (Lipinski definition) is 3. The molecule has 3 atom stereocenters. The lowest BCUT2D eigenvalue weighted by atomic mass is 10.00. The zero-order chi connectivity index (χ0) is 15.1. The molecular formula is C16H25N3O2. The lowest BCUT2D eigenvalue weighted by Gasteiger charge is -2.18. The molecule has 2 heterocycles. The third-order valence-corrected chi connectivity index (χ3v) is 5.42. The van der Waals surface area contributed by atoms with Crippen LogP contribution in [-0.4, -0.2) is 44.9 Å². The largest absolute Gasteiger partial charge is 0.393 e. The Kier molecular flexibility index (Phi) is 3.78. The predicted molar refractivity (Wildman–Crippen MR) is 79.8 cm³/mol. The van der Waals surface area contributed by atoms with Crippen LogP contribution in [0.1, 0.15) is 36.2 Å². The minimum absolute atomic E-state index is 0.199. The van der Waals surface area contributed by atoms with Crippen LogP contribution in [0, 0.1) is 25.7 Å². The van der Waals surface area contributed by atoms with Crippen molar-refractivity contribution in [3.63, 3.8) is 0 Å². The van der Waals surface area contributed by atoms with Crippen molar-refractivity contribution in [2.45, 2.75) is 45.6 Å². The van der Waals surface area contributed by atoms with E-state index in [0.717, 1.165) is 43.7 Å². The number of carbonyl (C=O) groups excluding carboxylic acids is 1. The van der Waals surface area contributed by atoms with E-state index in [1.54, 1.807) is 0 Å². The van der Waals surface area contributed by atoms with Gasteiger partial charge in [-0.1, -0.05) is 0 Å². The van der Waals surface area contributed by atoms with E-state index < -0.39 is 0 Å². The Labute approximate surface area is 125 Å². The molecule has 2 fully saturated rings. The third kappa shape index (κ3) is 2.59. The maximum absolute atomic E-state index is 12.4. The topological polar surface area (TPSA) is 58.4 Å². The molecule has 1 aromatic heterocycles. The molecule has 1 saturated heterocycles. The molecule has 1 saturated carbocycles. The Balaban J connectivity index is 1.58. The van der Waals surface area contributed by atoms with Gasteiger partial charge in [-0.05, 0) is 44.6 Å². The molecule has 0 aromatic carbocycles. The van der Waals surface area contributed by atoms with E-state index in [2.05, 4.69) is 12.0 Å². The van der Waals surface area contributed by atoms with Crippen molar-refractivity contribution in [2.24, 2.45) is 18.9 Å². The van der Waals surface area contributed by atoms with Gasteiger partial charge in [-0.15, -0.1) is 0 Å². The lowest BCUT2D eigenvalue weighted by molar-refractivity contribution is -0.130. The number of aliphatic hydroxyl groups is 1. The second kappa shape index (κ2) is 5.44. The number of nitrogens with zero attached hydrogens (tertiary/aromatic N) is 3. The van der Waals surface area contributed by atoms with Gasteiger partial charge < -0.3 is 10.0 Å². The van der Waals surface area contributed by atoms with Gasteiger partial charge in [0, 0.05) is 38.2 Å². The van der Waals surface area contributed by atoms with Crippen molar-refractivity contribution in [3.8, 4) is 0 Å². The summed E-state index contributed by atoms with van der Waals surface area (Å²) in [6.45, 7) is 5.64. The fourth-order valence-corrected chi connectivity index (χ4v) is 4.01. The van der Waals surface area contributed by atoms with Crippen LogP contribution in [0.2, 0.25) is 0 Å². The Hall–Kier alpha value is -1.36. The van der Waals surface area contributed by atoms with Gasteiger partial charge in [0.1, 0.15) is 0 Å². The van der Waals surface area contributed by atoms with E-state index in [4.69, 9.17) is 0 Å². The minimum Gasteiger partial charge on any atom is -0.393 e. The van der Waals surface area contributed by atoms with Gasteiger partial charge in [0.25, 0.3) is 0 Å². The first kappa shape index (κ1) is 14.6. The molecule has 1 aromatic rings. The van der Waals surface area contributed by atoms with Crippen molar-refractivity contribution in [1.29, 1.82) is 0 Å². The van der Waals surface area contributed by atoms with E-state index >= 15 is 0 Å². The maximum atomic E-state index is 12.4. The molecule has 2 aliphatic rings. The third-order valence-electron chi connectivity index (χ3n) is 5.42. The van der Waals surface area contributed by atoms with Gasteiger partial charge in [0.2, 0.25) is 5.91 Å². The molecule has 116 valence electrons. The summed E-state index contributed by atoms with van der Waals surface area (Å²) in [7, 11) is 1.94. The summed E-state index contributed by atoms with van der Waals surface area (Å²) in [4.78, 5) is 14.4. The number of aryl methyl sites for hydroxylation is 2. The summed E-state index contributed by atoms with van der Waals surface area (Å²) in [5, 5.41) is 14.3. The summed E-state index contributed by atoms with van der Waals surface area (Å²) in [5.41, 5.74) is 3.37. The van der Waals surface area contributed by atoms with Crippen molar-refractivity contribution in [3.05, 3.63) is 17.0 Å². The molecule has 5 nitrogen and oxygen atoms in total. The number of carbonyl (C=O) groups is 1. The normalized spacial score (nSPS) is 28.2. The highest BCUT2D eigenvalue weighted by Crippen LogP contribution is 2.38. The highest BCUT2D eigenvalue weighted by Gasteiger charge is 2.43. The first-order valence-electron chi connectivity index (χ1n) is 7.92. The van der Waals surface area contributed by atoms with E-state index in [1.165, 1.54) is 5.56 Å². The van der Waals surface area contributed by atoms with E-state index in [9.17, 15) is 9.90 Å². The molecule has 1 amide bonds. The Morgan fingerprint density at radius 2 is 2.10 bits per heavy atom. The summed E-state index contributed by atoms with van der Waals surface area (Å²) in [6.07, 6.45) is 3.08.